The zero-order valence-corrected chi connectivity index (χ0v) is 13.9. The second-order valence-electron chi connectivity index (χ2n) is 6.29. The first-order valence-corrected chi connectivity index (χ1v) is 8.55. The maximum Gasteiger partial charge on any atom is 0.254 e. The van der Waals surface area contributed by atoms with Crippen molar-refractivity contribution in [2.24, 2.45) is 0 Å². The fraction of sp³-hybridized carbons (Fsp3) is 0.333. The lowest BCUT2D eigenvalue weighted by Crippen LogP contribution is -2.45. The summed E-state index contributed by atoms with van der Waals surface area (Å²) in [6, 6.07) is 9.69. The molecule has 0 N–H and O–H groups in total. The van der Waals surface area contributed by atoms with Crippen LogP contribution in [0, 0.1) is 0 Å². The summed E-state index contributed by atoms with van der Waals surface area (Å²) in [4.78, 5) is 15.0. The van der Waals surface area contributed by atoms with Gasteiger partial charge < -0.3 is 4.90 Å². The van der Waals surface area contributed by atoms with E-state index in [4.69, 9.17) is 0 Å². The molecule has 7 heteroatoms. The summed E-state index contributed by atoms with van der Waals surface area (Å²) in [6.07, 6.45) is 10.2. The molecular weight excluding hydrogens is 316 g/mol. The fourth-order valence-corrected chi connectivity index (χ4v) is 3.36. The number of aromatic nitrogens is 5. The lowest BCUT2D eigenvalue weighted by molar-refractivity contribution is 0.0584. The number of piperidine rings is 1. The van der Waals surface area contributed by atoms with Gasteiger partial charge >= 0.3 is 0 Å². The third-order valence-corrected chi connectivity index (χ3v) is 4.68. The van der Waals surface area contributed by atoms with E-state index in [2.05, 4.69) is 15.3 Å². The summed E-state index contributed by atoms with van der Waals surface area (Å²) in [5.74, 6) is 0.0900. The minimum atomic E-state index is 0.0900. The van der Waals surface area contributed by atoms with Crippen LogP contribution in [0.1, 0.15) is 29.6 Å². The standard InChI is InChI=1S/C18H20N6O/c25-18(15-5-7-16(8-6-15)22-13-19-20-14-22)24-11-2-1-4-17(24)12-23-10-3-9-21-23/h3,5-10,13-14,17H,1-2,4,11-12H2/t17-/m1/s1. The summed E-state index contributed by atoms with van der Waals surface area (Å²) in [7, 11) is 0. The van der Waals surface area contributed by atoms with Crippen molar-refractivity contribution in [1.29, 1.82) is 0 Å². The van der Waals surface area contributed by atoms with E-state index in [0.717, 1.165) is 38.0 Å². The highest BCUT2D eigenvalue weighted by molar-refractivity contribution is 5.94. The third kappa shape index (κ3) is 3.31. The van der Waals surface area contributed by atoms with Gasteiger partial charge in [-0.1, -0.05) is 0 Å². The summed E-state index contributed by atoms with van der Waals surface area (Å²) in [5.41, 5.74) is 1.65. The molecule has 0 aliphatic carbocycles. The molecular formula is C18H20N6O. The largest absolute Gasteiger partial charge is 0.334 e. The summed E-state index contributed by atoms with van der Waals surface area (Å²) >= 11 is 0. The van der Waals surface area contributed by atoms with E-state index < -0.39 is 0 Å². The van der Waals surface area contributed by atoms with Crippen LogP contribution < -0.4 is 0 Å². The van der Waals surface area contributed by atoms with E-state index >= 15 is 0 Å². The number of rotatable bonds is 4. The predicted octanol–water partition coefficient (Wildman–Crippen LogP) is 2.16. The molecule has 2 aromatic heterocycles. The minimum Gasteiger partial charge on any atom is -0.334 e. The van der Waals surface area contributed by atoms with Gasteiger partial charge in [0.2, 0.25) is 0 Å². The molecule has 0 unspecified atom stereocenters. The average Bonchev–Trinajstić information content (AvgIpc) is 3.36. The van der Waals surface area contributed by atoms with Gasteiger partial charge in [0.25, 0.3) is 5.91 Å². The second-order valence-corrected chi connectivity index (χ2v) is 6.29. The van der Waals surface area contributed by atoms with Gasteiger partial charge in [-0.2, -0.15) is 5.10 Å². The third-order valence-electron chi connectivity index (χ3n) is 4.68. The van der Waals surface area contributed by atoms with Crippen molar-refractivity contribution in [2.45, 2.75) is 31.8 Å². The molecule has 25 heavy (non-hydrogen) atoms. The monoisotopic (exact) mass is 336 g/mol. The van der Waals surface area contributed by atoms with Crippen LogP contribution in [0.5, 0.6) is 0 Å². The number of likely N-dealkylation sites (tertiary alicyclic amines) is 1. The van der Waals surface area contributed by atoms with Gasteiger partial charge in [0, 0.05) is 30.2 Å². The zero-order chi connectivity index (χ0) is 17.1. The quantitative estimate of drug-likeness (QED) is 0.732. The van der Waals surface area contributed by atoms with Gasteiger partial charge in [-0.15, -0.1) is 10.2 Å². The Labute approximate surface area is 145 Å². The fourth-order valence-electron chi connectivity index (χ4n) is 3.36. The van der Waals surface area contributed by atoms with Crippen molar-refractivity contribution in [3.05, 3.63) is 60.9 Å². The van der Waals surface area contributed by atoms with E-state index in [1.54, 1.807) is 18.9 Å². The molecule has 0 radical (unpaired) electrons. The van der Waals surface area contributed by atoms with E-state index in [-0.39, 0.29) is 11.9 Å². The van der Waals surface area contributed by atoms with E-state index in [1.807, 2.05) is 50.7 Å². The van der Waals surface area contributed by atoms with Gasteiger partial charge in [-0.3, -0.25) is 14.0 Å². The Morgan fingerprint density at radius 3 is 2.64 bits per heavy atom. The molecule has 128 valence electrons. The van der Waals surface area contributed by atoms with Crippen LogP contribution in [-0.2, 0) is 6.54 Å². The molecule has 1 atom stereocenters. The molecule has 0 spiro atoms. The minimum absolute atomic E-state index is 0.0900. The van der Waals surface area contributed by atoms with Crippen LogP contribution in [0.3, 0.4) is 0 Å². The van der Waals surface area contributed by atoms with Gasteiger partial charge in [-0.25, -0.2) is 0 Å². The lowest BCUT2D eigenvalue weighted by Gasteiger charge is -2.35. The smallest absolute Gasteiger partial charge is 0.254 e. The maximum atomic E-state index is 13.0. The Kier molecular flexibility index (Phi) is 4.28. The van der Waals surface area contributed by atoms with Crippen LogP contribution in [0.15, 0.2) is 55.4 Å². The molecule has 4 rings (SSSR count). The zero-order valence-electron chi connectivity index (χ0n) is 13.9. The average molecular weight is 336 g/mol. The lowest BCUT2D eigenvalue weighted by atomic mass is 10.0. The number of carbonyl (C=O) groups is 1. The van der Waals surface area contributed by atoms with Crippen LogP contribution in [-0.4, -0.2) is 47.9 Å². The molecule has 1 aromatic carbocycles. The Hall–Kier alpha value is -2.96. The first-order chi connectivity index (χ1) is 12.3. The molecule has 0 bridgehead atoms. The Balaban J connectivity index is 1.51. The highest BCUT2D eigenvalue weighted by Crippen LogP contribution is 2.21. The molecule has 7 nitrogen and oxygen atoms in total. The highest BCUT2D eigenvalue weighted by atomic mass is 16.2. The van der Waals surface area contributed by atoms with Gasteiger partial charge in [0.1, 0.15) is 12.7 Å². The molecule has 1 aliphatic heterocycles. The summed E-state index contributed by atoms with van der Waals surface area (Å²) < 4.78 is 3.72. The number of nitrogens with zero attached hydrogens (tertiary/aromatic N) is 6. The Bertz CT molecular complexity index is 810. The molecule has 1 fully saturated rings. The first-order valence-electron chi connectivity index (χ1n) is 8.55. The maximum absolute atomic E-state index is 13.0. The molecule has 1 saturated heterocycles. The van der Waals surface area contributed by atoms with Gasteiger partial charge in [0.15, 0.2) is 0 Å². The normalized spacial score (nSPS) is 17.6. The van der Waals surface area contributed by atoms with Crippen molar-refractivity contribution < 1.29 is 4.79 Å². The predicted molar refractivity (Wildman–Crippen MR) is 92.3 cm³/mol. The first kappa shape index (κ1) is 15.6. The summed E-state index contributed by atoms with van der Waals surface area (Å²) in [6.45, 7) is 1.55. The van der Waals surface area contributed by atoms with Crippen molar-refractivity contribution in [3.8, 4) is 5.69 Å². The number of benzene rings is 1. The number of hydrogen-bond acceptors (Lipinski definition) is 4. The topological polar surface area (TPSA) is 68.8 Å². The van der Waals surface area contributed by atoms with Gasteiger partial charge in [-0.05, 0) is 49.6 Å². The number of carbonyl (C=O) groups excluding carboxylic acids is 1. The van der Waals surface area contributed by atoms with Crippen molar-refractivity contribution in [3.63, 3.8) is 0 Å². The second kappa shape index (κ2) is 6.88. The number of hydrogen-bond donors (Lipinski definition) is 0. The van der Waals surface area contributed by atoms with Gasteiger partial charge in [0.05, 0.1) is 12.6 Å². The van der Waals surface area contributed by atoms with E-state index in [9.17, 15) is 4.79 Å². The highest BCUT2D eigenvalue weighted by Gasteiger charge is 2.27. The summed E-state index contributed by atoms with van der Waals surface area (Å²) in [5, 5.41) is 11.9. The molecule has 1 aliphatic rings. The van der Waals surface area contributed by atoms with Crippen molar-refractivity contribution in [2.75, 3.05) is 6.54 Å². The van der Waals surface area contributed by atoms with Crippen molar-refractivity contribution >= 4 is 5.91 Å². The SMILES string of the molecule is O=C(c1ccc(-n2cnnc2)cc1)N1CCCC[C@@H]1Cn1cccn1. The van der Waals surface area contributed by atoms with Crippen molar-refractivity contribution in [1.82, 2.24) is 29.4 Å². The van der Waals surface area contributed by atoms with Crippen LogP contribution >= 0.6 is 0 Å². The Morgan fingerprint density at radius 1 is 1.12 bits per heavy atom. The van der Waals surface area contributed by atoms with E-state index in [1.165, 1.54) is 0 Å². The van der Waals surface area contributed by atoms with Crippen LogP contribution in [0.25, 0.3) is 5.69 Å². The molecule has 3 heterocycles. The molecule has 0 saturated carbocycles. The molecule has 3 aromatic rings. The molecule has 1 amide bonds. The van der Waals surface area contributed by atoms with Crippen LogP contribution in [0.2, 0.25) is 0 Å². The number of amides is 1. The Morgan fingerprint density at radius 2 is 1.92 bits per heavy atom. The van der Waals surface area contributed by atoms with E-state index in [0.29, 0.717) is 5.56 Å². The van der Waals surface area contributed by atoms with Crippen LogP contribution in [0.4, 0.5) is 0 Å².